The highest BCUT2D eigenvalue weighted by Gasteiger charge is 2.15. The molecule has 0 unspecified atom stereocenters. The van der Waals surface area contributed by atoms with Gasteiger partial charge >= 0.3 is 5.97 Å². The summed E-state index contributed by atoms with van der Waals surface area (Å²) in [5, 5.41) is 3.29. The number of ketones is 1. The van der Waals surface area contributed by atoms with Gasteiger partial charge in [0.1, 0.15) is 11.5 Å². The molecule has 0 saturated heterocycles. The van der Waals surface area contributed by atoms with Gasteiger partial charge in [0.25, 0.3) is 0 Å². The van der Waals surface area contributed by atoms with E-state index in [0.717, 1.165) is 16.9 Å². The monoisotopic (exact) mass is 499 g/mol. The van der Waals surface area contributed by atoms with Crippen LogP contribution in [0.1, 0.15) is 34.3 Å². The molecule has 0 spiro atoms. The van der Waals surface area contributed by atoms with Gasteiger partial charge < -0.3 is 14.8 Å². The van der Waals surface area contributed by atoms with E-state index in [4.69, 9.17) is 32.7 Å². The van der Waals surface area contributed by atoms with Crippen molar-refractivity contribution in [3.63, 3.8) is 0 Å². The fourth-order valence-electron chi connectivity index (χ4n) is 3.13. The smallest absolute Gasteiger partial charge is 0.306 e. The molecule has 0 radical (unpaired) electrons. The number of aryl methyl sites for hydroxylation is 2. The third kappa shape index (κ3) is 7.07. The Bertz CT molecular complexity index is 1190. The van der Waals surface area contributed by atoms with Gasteiger partial charge in [-0.2, -0.15) is 0 Å². The minimum absolute atomic E-state index is 0.0879. The number of ether oxygens (including phenoxy) is 2. The van der Waals surface area contributed by atoms with E-state index in [1.165, 1.54) is 18.2 Å². The van der Waals surface area contributed by atoms with Gasteiger partial charge in [-0.25, -0.2) is 0 Å². The maximum absolute atomic E-state index is 12.2. The SMILES string of the molecule is Cc1cccc(C)c1Oc1ccc(NC(=O)CCC(=O)OCC(=O)c2ccc(Cl)cc2Cl)cc1. The molecule has 176 valence electrons. The topological polar surface area (TPSA) is 81.7 Å². The molecular weight excluding hydrogens is 477 g/mol. The molecule has 0 aliphatic rings. The highest BCUT2D eigenvalue weighted by molar-refractivity contribution is 6.36. The minimum atomic E-state index is -0.661. The summed E-state index contributed by atoms with van der Waals surface area (Å²) < 4.78 is 10.9. The zero-order valence-corrected chi connectivity index (χ0v) is 20.2. The van der Waals surface area contributed by atoms with Crippen LogP contribution >= 0.6 is 23.2 Å². The van der Waals surface area contributed by atoms with Crippen molar-refractivity contribution in [2.75, 3.05) is 11.9 Å². The van der Waals surface area contributed by atoms with Crippen molar-refractivity contribution in [1.29, 1.82) is 0 Å². The molecule has 0 saturated carbocycles. The van der Waals surface area contributed by atoms with Crippen LogP contribution in [0.2, 0.25) is 10.0 Å². The summed E-state index contributed by atoms with van der Waals surface area (Å²) in [5.41, 5.74) is 2.84. The summed E-state index contributed by atoms with van der Waals surface area (Å²) in [4.78, 5) is 36.2. The number of anilines is 1. The Morgan fingerprint density at radius 2 is 1.56 bits per heavy atom. The number of carbonyl (C=O) groups is 3. The fraction of sp³-hybridized carbons (Fsp3) is 0.192. The molecule has 34 heavy (non-hydrogen) atoms. The number of hydrogen-bond donors (Lipinski definition) is 1. The van der Waals surface area contributed by atoms with Gasteiger partial charge in [0.2, 0.25) is 11.7 Å². The average Bonchev–Trinajstić information content (AvgIpc) is 2.79. The molecule has 1 amide bonds. The molecule has 6 nitrogen and oxygen atoms in total. The summed E-state index contributed by atoms with van der Waals surface area (Å²) >= 11 is 11.8. The van der Waals surface area contributed by atoms with Crippen molar-refractivity contribution in [1.82, 2.24) is 0 Å². The van der Waals surface area contributed by atoms with E-state index < -0.39 is 18.4 Å². The first-order valence-corrected chi connectivity index (χ1v) is 11.3. The first kappa shape index (κ1) is 25.3. The average molecular weight is 500 g/mol. The molecule has 1 N–H and O–H groups in total. The van der Waals surface area contributed by atoms with Crippen LogP contribution in [0.3, 0.4) is 0 Å². The van der Waals surface area contributed by atoms with Gasteiger partial charge in [-0.05, 0) is 67.4 Å². The third-order valence-electron chi connectivity index (χ3n) is 4.92. The van der Waals surface area contributed by atoms with Crippen molar-refractivity contribution in [3.8, 4) is 11.5 Å². The van der Waals surface area contributed by atoms with Gasteiger partial charge in [-0.15, -0.1) is 0 Å². The van der Waals surface area contributed by atoms with Crippen LogP contribution in [0.4, 0.5) is 5.69 Å². The lowest BCUT2D eigenvalue weighted by Gasteiger charge is -2.12. The van der Waals surface area contributed by atoms with Crippen LogP contribution in [-0.4, -0.2) is 24.3 Å². The maximum Gasteiger partial charge on any atom is 0.306 e. The first-order chi connectivity index (χ1) is 16.2. The predicted octanol–water partition coefficient (Wildman–Crippen LogP) is 6.55. The van der Waals surface area contributed by atoms with Gasteiger partial charge in [0.15, 0.2) is 6.61 Å². The van der Waals surface area contributed by atoms with E-state index in [2.05, 4.69) is 5.32 Å². The Kier molecular flexibility index (Phi) is 8.68. The lowest BCUT2D eigenvalue weighted by Crippen LogP contribution is -2.17. The Hall–Kier alpha value is -3.35. The summed E-state index contributed by atoms with van der Waals surface area (Å²) in [6.45, 7) is 3.49. The Labute approximate surface area is 207 Å². The Balaban J connectivity index is 1.43. The molecule has 3 aromatic carbocycles. The normalized spacial score (nSPS) is 10.5. The fourth-order valence-corrected chi connectivity index (χ4v) is 3.65. The van der Waals surface area contributed by atoms with Crippen LogP contribution in [0.5, 0.6) is 11.5 Å². The van der Waals surface area contributed by atoms with E-state index in [9.17, 15) is 14.4 Å². The van der Waals surface area contributed by atoms with Gasteiger partial charge in [0.05, 0.1) is 11.4 Å². The summed E-state index contributed by atoms with van der Waals surface area (Å²) in [7, 11) is 0. The summed E-state index contributed by atoms with van der Waals surface area (Å²) in [5.74, 6) is -0.0277. The number of amides is 1. The second-order valence-electron chi connectivity index (χ2n) is 7.60. The molecule has 0 bridgehead atoms. The third-order valence-corrected chi connectivity index (χ3v) is 5.47. The van der Waals surface area contributed by atoms with Crippen LogP contribution in [0, 0.1) is 13.8 Å². The van der Waals surface area contributed by atoms with Crippen molar-refractivity contribution >= 4 is 46.5 Å². The van der Waals surface area contributed by atoms with E-state index in [1.54, 1.807) is 24.3 Å². The number of hydrogen-bond acceptors (Lipinski definition) is 5. The molecule has 0 aliphatic carbocycles. The van der Waals surface area contributed by atoms with Gasteiger partial charge in [-0.3, -0.25) is 14.4 Å². The second-order valence-corrected chi connectivity index (χ2v) is 8.45. The van der Waals surface area contributed by atoms with E-state index in [0.29, 0.717) is 16.5 Å². The quantitative estimate of drug-likeness (QED) is 0.266. The molecule has 0 aliphatic heterocycles. The van der Waals surface area contributed by atoms with Crippen LogP contribution < -0.4 is 10.1 Å². The van der Waals surface area contributed by atoms with E-state index in [-0.39, 0.29) is 29.3 Å². The highest BCUT2D eigenvalue weighted by atomic mass is 35.5. The van der Waals surface area contributed by atoms with E-state index >= 15 is 0 Å². The standard InChI is InChI=1S/C26H23Cl2NO5/c1-16-4-3-5-17(2)26(16)34-20-9-7-19(8-10-20)29-24(31)12-13-25(32)33-15-23(30)21-11-6-18(27)14-22(21)28/h3-11,14H,12-13,15H2,1-2H3,(H,29,31). The molecule has 8 heteroatoms. The lowest BCUT2D eigenvalue weighted by atomic mass is 10.1. The van der Waals surface area contributed by atoms with Gasteiger partial charge in [0, 0.05) is 22.7 Å². The molecule has 3 aromatic rings. The number of nitrogens with one attached hydrogen (secondary N) is 1. The van der Waals surface area contributed by atoms with Crippen LogP contribution in [0.25, 0.3) is 0 Å². The summed E-state index contributed by atoms with van der Waals surface area (Å²) in [6, 6.07) is 17.3. The minimum Gasteiger partial charge on any atom is -0.457 e. The number of Topliss-reactive ketones (excluding diaryl/α,β-unsaturated/α-hetero) is 1. The zero-order valence-electron chi connectivity index (χ0n) is 18.7. The number of benzene rings is 3. The molecular formula is C26H23Cl2NO5. The maximum atomic E-state index is 12.2. The zero-order chi connectivity index (χ0) is 24.7. The number of para-hydroxylation sites is 1. The number of halogens is 2. The largest absolute Gasteiger partial charge is 0.457 e. The Morgan fingerprint density at radius 1 is 0.882 bits per heavy atom. The van der Waals surface area contributed by atoms with Crippen molar-refractivity contribution < 1.29 is 23.9 Å². The summed E-state index contributed by atoms with van der Waals surface area (Å²) in [6.07, 6.45) is -0.253. The van der Waals surface area contributed by atoms with E-state index in [1.807, 2.05) is 32.0 Å². The second kappa shape index (κ2) is 11.7. The Morgan fingerprint density at radius 3 is 2.21 bits per heavy atom. The predicted molar refractivity (Wildman–Crippen MR) is 132 cm³/mol. The van der Waals surface area contributed by atoms with Crippen molar-refractivity contribution in [3.05, 3.63) is 87.4 Å². The molecule has 0 atom stereocenters. The molecule has 0 aromatic heterocycles. The number of rotatable bonds is 9. The van der Waals surface area contributed by atoms with Crippen molar-refractivity contribution in [2.24, 2.45) is 0 Å². The van der Waals surface area contributed by atoms with Gasteiger partial charge in [-0.1, -0.05) is 41.4 Å². The highest BCUT2D eigenvalue weighted by Crippen LogP contribution is 2.29. The van der Waals surface area contributed by atoms with Crippen LogP contribution in [0.15, 0.2) is 60.7 Å². The molecule has 0 fully saturated rings. The van der Waals surface area contributed by atoms with Crippen molar-refractivity contribution in [2.45, 2.75) is 26.7 Å². The number of esters is 1. The molecule has 0 heterocycles. The van der Waals surface area contributed by atoms with Crippen LogP contribution in [-0.2, 0) is 14.3 Å². The number of carbonyl (C=O) groups excluding carboxylic acids is 3. The first-order valence-electron chi connectivity index (χ1n) is 10.5. The lowest BCUT2D eigenvalue weighted by molar-refractivity contribution is -0.143. The molecule has 3 rings (SSSR count).